The largest absolute Gasteiger partial charge is 0.493 e. The Morgan fingerprint density at radius 3 is 3.05 bits per heavy atom. The van der Waals surface area contributed by atoms with Crippen LogP contribution in [0.15, 0.2) is 29.4 Å². The van der Waals surface area contributed by atoms with Gasteiger partial charge < -0.3 is 10.1 Å². The average Bonchev–Trinajstić information content (AvgIpc) is 2.89. The first-order valence-electron chi connectivity index (χ1n) is 6.59. The molecule has 2 amide bonds. The number of ether oxygens (including phenoxy) is 1. The second kappa shape index (κ2) is 5.32. The molecule has 6 nitrogen and oxygen atoms in total. The van der Waals surface area contributed by atoms with Crippen molar-refractivity contribution >= 4 is 17.5 Å². The van der Waals surface area contributed by atoms with Crippen molar-refractivity contribution in [2.75, 3.05) is 13.2 Å². The van der Waals surface area contributed by atoms with Gasteiger partial charge in [-0.2, -0.15) is 5.10 Å². The number of hydrogen-bond acceptors (Lipinski definition) is 4. The summed E-state index contributed by atoms with van der Waals surface area (Å²) in [6.07, 6.45) is 0.692. The highest BCUT2D eigenvalue weighted by molar-refractivity contribution is 6.39. The summed E-state index contributed by atoms with van der Waals surface area (Å²) >= 11 is 0. The summed E-state index contributed by atoms with van der Waals surface area (Å²) in [5.74, 6) is 0.664. The molecule has 2 N–H and O–H groups in total. The van der Waals surface area contributed by atoms with Crippen LogP contribution in [0, 0.1) is 0 Å². The molecule has 2 aliphatic heterocycles. The molecule has 3 rings (SSSR count). The minimum absolute atomic E-state index is 0.153. The lowest BCUT2D eigenvalue weighted by atomic mass is 10.0. The molecule has 6 heteroatoms. The van der Waals surface area contributed by atoms with E-state index in [-0.39, 0.29) is 17.7 Å². The molecule has 104 valence electrons. The first-order chi connectivity index (χ1) is 9.74. The second-order valence-corrected chi connectivity index (χ2v) is 4.85. The van der Waals surface area contributed by atoms with Crippen LogP contribution in [-0.2, 0) is 9.59 Å². The maximum Gasteiger partial charge on any atom is 0.267 e. The number of carbonyl (C=O) groups is 2. The van der Waals surface area contributed by atoms with Gasteiger partial charge in [0.25, 0.3) is 5.91 Å². The lowest BCUT2D eigenvalue weighted by Gasteiger charge is -2.14. The zero-order valence-electron chi connectivity index (χ0n) is 10.9. The highest BCUT2D eigenvalue weighted by Crippen LogP contribution is 2.32. The molecule has 1 unspecified atom stereocenters. The first kappa shape index (κ1) is 12.7. The fraction of sp³-hybridized carbons (Fsp3) is 0.357. The topological polar surface area (TPSA) is 79.8 Å². The number of carbonyl (C=O) groups excluding carboxylic acids is 2. The Morgan fingerprint density at radius 1 is 1.40 bits per heavy atom. The number of amides is 2. The van der Waals surface area contributed by atoms with Gasteiger partial charge >= 0.3 is 0 Å². The fourth-order valence-corrected chi connectivity index (χ4v) is 2.35. The Bertz CT molecular complexity index is 583. The molecule has 0 radical (unpaired) electrons. The molecular weight excluding hydrogens is 258 g/mol. The molecule has 1 aromatic carbocycles. The Labute approximate surface area is 116 Å². The number of benzene rings is 1. The van der Waals surface area contributed by atoms with E-state index in [4.69, 9.17) is 4.74 Å². The normalized spacial score (nSPS) is 20.5. The quantitative estimate of drug-likeness (QED) is 0.843. The molecule has 20 heavy (non-hydrogen) atoms. The smallest absolute Gasteiger partial charge is 0.267 e. The maximum absolute atomic E-state index is 11.9. The van der Waals surface area contributed by atoms with Gasteiger partial charge in [0.2, 0.25) is 5.91 Å². The van der Waals surface area contributed by atoms with E-state index in [9.17, 15) is 9.59 Å². The molecule has 0 fully saturated rings. The number of rotatable bonds is 3. The molecule has 0 aromatic heterocycles. The van der Waals surface area contributed by atoms with E-state index < -0.39 is 0 Å². The van der Waals surface area contributed by atoms with Crippen LogP contribution in [0.5, 0.6) is 5.75 Å². The molecular formula is C14H15N3O3. The van der Waals surface area contributed by atoms with Gasteiger partial charge in [-0.05, 0) is 6.07 Å². The van der Waals surface area contributed by atoms with E-state index in [1.807, 2.05) is 24.3 Å². The van der Waals surface area contributed by atoms with E-state index in [0.29, 0.717) is 31.7 Å². The molecule has 1 atom stereocenters. The van der Waals surface area contributed by atoms with Gasteiger partial charge in [0, 0.05) is 30.9 Å². The van der Waals surface area contributed by atoms with Crippen LogP contribution in [0.25, 0.3) is 0 Å². The van der Waals surface area contributed by atoms with E-state index in [0.717, 1.165) is 11.3 Å². The highest BCUT2D eigenvalue weighted by atomic mass is 16.5. The zero-order chi connectivity index (χ0) is 13.9. The van der Waals surface area contributed by atoms with Crippen molar-refractivity contribution in [2.24, 2.45) is 5.10 Å². The molecule has 0 saturated heterocycles. The van der Waals surface area contributed by atoms with Gasteiger partial charge in [0.15, 0.2) is 0 Å². The van der Waals surface area contributed by atoms with Crippen LogP contribution in [0.2, 0.25) is 0 Å². The summed E-state index contributed by atoms with van der Waals surface area (Å²) in [5, 5.41) is 6.62. The van der Waals surface area contributed by atoms with Gasteiger partial charge in [0.1, 0.15) is 11.5 Å². The number of hydrazone groups is 1. The summed E-state index contributed by atoms with van der Waals surface area (Å²) < 4.78 is 5.56. The van der Waals surface area contributed by atoms with E-state index in [1.165, 1.54) is 0 Å². The van der Waals surface area contributed by atoms with Gasteiger partial charge in [0.05, 0.1) is 6.61 Å². The first-order valence-corrected chi connectivity index (χ1v) is 6.59. The van der Waals surface area contributed by atoms with Gasteiger partial charge in [-0.25, -0.2) is 5.43 Å². The van der Waals surface area contributed by atoms with E-state index >= 15 is 0 Å². The minimum Gasteiger partial charge on any atom is -0.493 e. The second-order valence-electron chi connectivity index (χ2n) is 4.85. The Morgan fingerprint density at radius 2 is 2.25 bits per heavy atom. The molecule has 2 aliphatic rings. The highest BCUT2D eigenvalue weighted by Gasteiger charge is 2.25. The number of fused-ring (bicyclic) bond motifs is 1. The zero-order valence-corrected chi connectivity index (χ0v) is 10.9. The summed E-state index contributed by atoms with van der Waals surface area (Å²) in [5.41, 5.74) is 3.81. The van der Waals surface area contributed by atoms with Crippen molar-refractivity contribution in [3.05, 3.63) is 29.8 Å². The Kier molecular flexibility index (Phi) is 3.37. The number of para-hydroxylation sites is 1. The lowest BCUT2D eigenvalue weighted by molar-refractivity contribution is -0.121. The van der Waals surface area contributed by atoms with Crippen molar-refractivity contribution in [1.29, 1.82) is 0 Å². The number of hydrogen-bond donors (Lipinski definition) is 2. The number of nitrogens with zero attached hydrogens (tertiary/aromatic N) is 1. The predicted octanol–water partition coefficient (Wildman–Crippen LogP) is 0.545. The van der Waals surface area contributed by atoms with Crippen LogP contribution in [-0.4, -0.2) is 30.7 Å². The van der Waals surface area contributed by atoms with Gasteiger partial charge in [-0.3, -0.25) is 9.59 Å². The minimum atomic E-state index is -0.227. The van der Waals surface area contributed by atoms with E-state index in [2.05, 4.69) is 15.8 Å². The molecule has 0 saturated carbocycles. The van der Waals surface area contributed by atoms with Crippen molar-refractivity contribution in [3.8, 4) is 5.75 Å². The van der Waals surface area contributed by atoms with Crippen molar-refractivity contribution < 1.29 is 14.3 Å². The third kappa shape index (κ3) is 2.49. The summed E-state index contributed by atoms with van der Waals surface area (Å²) in [4.78, 5) is 22.9. The van der Waals surface area contributed by atoms with Gasteiger partial charge in [-0.1, -0.05) is 18.2 Å². The maximum atomic E-state index is 11.9. The Balaban J connectivity index is 1.58. The average molecular weight is 273 g/mol. The van der Waals surface area contributed by atoms with Crippen molar-refractivity contribution in [3.63, 3.8) is 0 Å². The van der Waals surface area contributed by atoms with Crippen LogP contribution in [0.1, 0.15) is 24.3 Å². The third-order valence-electron chi connectivity index (χ3n) is 3.47. The summed E-state index contributed by atoms with van der Waals surface area (Å²) in [6, 6.07) is 7.83. The standard InChI is InChI=1S/C14H15N3O3/c18-13-6-5-11(16-17-13)14(19)15-7-9-8-20-12-4-2-1-3-10(9)12/h1-4,9H,5-8H2,(H,15,19)(H,17,18). The van der Waals surface area contributed by atoms with Crippen LogP contribution in [0.3, 0.4) is 0 Å². The fourth-order valence-electron chi connectivity index (χ4n) is 2.35. The van der Waals surface area contributed by atoms with Crippen LogP contribution >= 0.6 is 0 Å². The molecule has 0 bridgehead atoms. The molecule has 1 aromatic rings. The summed E-state index contributed by atoms with van der Waals surface area (Å²) in [7, 11) is 0. The van der Waals surface area contributed by atoms with E-state index in [1.54, 1.807) is 0 Å². The lowest BCUT2D eigenvalue weighted by Crippen LogP contribution is -2.38. The Hall–Kier alpha value is -2.37. The molecule has 0 aliphatic carbocycles. The van der Waals surface area contributed by atoms with Crippen molar-refractivity contribution in [2.45, 2.75) is 18.8 Å². The van der Waals surface area contributed by atoms with Gasteiger partial charge in [-0.15, -0.1) is 0 Å². The van der Waals surface area contributed by atoms with Crippen LogP contribution in [0.4, 0.5) is 0 Å². The third-order valence-corrected chi connectivity index (χ3v) is 3.47. The van der Waals surface area contributed by atoms with Crippen LogP contribution < -0.4 is 15.5 Å². The monoisotopic (exact) mass is 273 g/mol. The molecule has 0 spiro atoms. The molecule has 2 heterocycles. The number of nitrogens with one attached hydrogen (secondary N) is 2. The SMILES string of the molecule is O=C1CCC(C(=O)NCC2COc3ccccc32)=NN1. The summed E-state index contributed by atoms with van der Waals surface area (Å²) in [6.45, 7) is 1.08. The predicted molar refractivity (Wildman–Crippen MR) is 72.5 cm³/mol. The van der Waals surface area contributed by atoms with Crippen molar-refractivity contribution in [1.82, 2.24) is 10.7 Å².